The van der Waals surface area contributed by atoms with E-state index in [1.165, 1.54) is 57.8 Å². The van der Waals surface area contributed by atoms with Crippen molar-refractivity contribution in [1.29, 1.82) is 0 Å². The normalized spacial score (nSPS) is 14.7. The Morgan fingerprint density at radius 3 is 2.08 bits per heavy atom. The van der Waals surface area contributed by atoms with Gasteiger partial charge in [-0.1, -0.05) is 90.7 Å². The average molecular weight is 584 g/mol. The summed E-state index contributed by atoms with van der Waals surface area (Å²) in [4.78, 5) is 24.5. The Morgan fingerprint density at radius 2 is 1.52 bits per heavy atom. The van der Waals surface area contributed by atoms with Crippen molar-refractivity contribution in [3.8, 4) is 5.75 Å². The minimum atomic E-state index is -4.22. The summed E-state index contributed by atoms with van der Waals surface area (Å²) >= 11 is 0. The first-order valence-electron chi connectivity index (χ1n) is 15.7. The molecule has 0 aliphatic carbocycles. The van der Waals surface area contributed by atoms with E-state index in [0.29, 0.717) is 32.1 Å². The Labute approximate surface area is 245 Å². The van der Waals surface area contributed by atoms with Gasteiger partial charge in [0.1, 0.15) is 11.5 Å². The van der Waals surface area contributed by atoms with E-state index in [0.717, 1.165) is 30.9 Å². The molecule has 0 radical (unpaired) electrons. The van der Waals surface area contributed by atoms with E-state index in [9.17, 15) is 14.3 Å². The van der Waals surface area contributed by atoms with Gasteiger partial charge >= 0.3 is 7.82 Å². The zero-order valence-electron chi connectivity index (χ0n) is 26.1. The number of hydrogen-bond acceptors (Lipinski definition) is 6. The van der Waals surface area contributed by atoms with Crippen LogP contribution in [0.1, 0.15) is 116 Å². The van der Waals surface area contributed by atoms with Crippen molar-refractivity contribution in [3.63, 3.8) is 0 Å². The summed E-state index contributed by atoms with van der Waals surface area (Å²) < 4.78 is 29.4. The van der Waals surface area contributed by atoms with Crippen molar-refractivity contribution in [3.05, 3.63) is 29.8 Å². The van der Waals surface area contributed by atoms with Crippen molar-refractivity contribution in [2.24, 2.45) is 5.92 Å². The lowest BCUT2D eigenvalue weighted by atomic mass is 9.94. The number of unbranched alkanes of at least 4 members (excludes halogenated alkanes) is 9. The summed E-state index contributed by atoms with van der Waals surface area (Å²) in [6, 6.07) is 7.92. The number of hydrogen-bond donors (Lipinski definition) is 1. The molecule has 1 N–H and O–H groups in total. The lowest BCUT2D eigenvalue weighted by molar-refractivity contribution is -0.120. The molecule has 8 heteroatoms. The Balaban J connectivity index is 2.46. The fraction of sp³-hybridized carbons (Fsp3) is 0.781. The topological polar surface area (TPSA) is 85.3 Å². The van der Waals surface area contributed by atoms with E-state index < -0.39 is 7.82 Å². The van der Waals surface area contributed by atoms with Crippen molar-refractivity contribution < 1.29 is 28.0 Å². The second-order valence-electron chi connectivity index (χ2n) is 11.3. The number of ether oxygens (including phenoxy) is 1. The first-order valence-corrected chi connectivity index (χ1v) is 17.2. The first-order chi connectivity index (χ1) is 19.2. The Morgan fingerprint density at radius 1 is 0.925 bits per heavy atom. The lowest BCUT2D eigenvalue weighted by Crippen LogP contribution is -2.22. The molecule has 40 heavy (non-hydrogen) atoms. The molecule has 1 aromatic carbocycles. The molecule has 0 aromatic heterocycles. The quantitative estimate of drug-likeness (QED) is 0.0866. The number of phosphoric ester groups is 1. The van der Waals surface area contributed by atoms with Gasteiger partial charge in [-0.25, -0.2) is 4.57 Å². The van der Waals surface area contributed by atoms with Gasteiger partial charge in [0.25, 0.3) is 0 Å². The van der Waals surface area contributed by atoms with E-state index in [1.54, 1.807) is 0 Å². The number of carbonyl (C=O) groups is 1. The number of Topliss-reactive ketones (excluding diaryl/α,β-unsaturated/α-hetero) is 1. The van der Waals surface area contributed by atoms with E-state index in [2.05, 4.69) is 6.92 Å². The van der Waals surface area contributed by atoms with Crippen molar-refractivity contribution in [1.82, 2.24) is 4.90 Å². The lowest BCUT2D eigenvalue weighted by Gasteiger charge is -2.23. The highest BCUT2D eigenvalue weighted by molar-refractivity contribution is 7.47. The van der Waals surface area contributed by atoms with Gasteiger partial charge in [0, 0.05) is 19.4 Å². The summed E-state index contributed by atoms with van der Waals surface area (Å²) in [7, 11) is -0.319. The number of phosphoric acid groups is 1. The largest absolute Gasteiger partial charge is 0.494 e. The van der Waals surface area contributed by atoms with Gasteiger partial charge in [-0.05, 0) is 63.4 Å². The summed E-state index contributed by atoms with van der Waals surface area (Å²) in [5, 5.41) is 0. The molecule has 0 amide bonds. The van der Waals surface area contributed by atoms with Gasteiger partial charge in [-0.15, -0.1) is 0 Å². The van der Waals surface area contributed by atoms with E-state index in [4.69, 9.17) is 13.8 Å². The molecule has 0 bridgehead atoms. The molecule has 3 unspecified atom stereocenters. The van der Waals surface area contributed by atoms with Crippen LogP contribution in [0.3, 0.4) is 0 Å². The van der Waals surface area contributed by atoms with Crippen LogP contribution in [0.5, 0.6) is 5.75 Å². The smallest absolute Gasteiger partial charge is 0.472 e. The summed E-state index contributed by atoms with van der Waals surface area (Å²) in [6.45, 7) is 7.47. The van der Waals surface area contributed by atoms with Crippen LogP contribution in [-0.4, -0.2) is 55.5 Å². The monoisotopic (exact) mass is 583 g/mol. The van der Waals surface area contributed by atoms with Crippen molar-refractivity contribution in [2.75, 3.05) is 33.9 Å². The predicted molar refractivity (Wildman–Crippen MR) is 165 cm³/mol. The molecule has 0 saturated heterocycles. The number of carbonyl (C=O) groups excluding carboxylic acids is 1. The van der Waals surface area contributed by atoms with E-state index in [1.807, 2.05) is 57.1 Å². The van der Waals surface area contributed by atoms with Crippen LogP contribution < -0.4 is 4.74 Å². The van der Waals surface area contributed by atoms with Crippen LogP contribution in [0.15, 0.2) is 24.3 Å². The van der Waals surface area contributed by atoms with Crippen LogP contribution >= 0.6 is 7.82 Å². The third-order valence-electron chi connectivity index (χ3n) is 7.23. The molecule has 3 atom stereocenters. The van der Waals surface area contributed by atoms with E-state index in [-0.39, 0.29) is 24.4 Å². The molecular weight excluding hydrogens is 525 g/mol. The zero-order valence-corrected chi connectivity index (χ0v) is 27.0. The molecule has 0 heterocycles. The second-order valence-corrected chi connectivity index (χ2v) is 12.7. The van der Waals surface area contributed by atoms with Gasteiger partial charge in [0.2, 0.25) is 0 Å². The Kier molecular flexibility index (Phi) is 20.6. The maximum Gasteiger partial charge on any atom is 0.472 e. The summed E-state index contributed by atoms with van der Waals surface area (Å²) in [5.41, 5.74) is 1.04. The molecule has 1 rings (SSSR count). The Hall–Kier alpha value is -1.24. The molecule has 0 aliphatic heterocycles. The predicted octanol–water partition coefficient (Wildman–Crippen LogP) is 8.38. The number of rotatable bonds is 26. The van der Waals surface area contributed by atoms with Gasteiger partial charge in [-0.2, -0.15) is 0 Å². The SMILES string of the molecule is CCCCCCCCCCCCOc1ccc(CC(COP(=O)(O)OC(CC)CCN(C)C)CC(=O)CC)cc1. The highest BCUT2D eigenvalue weighted by Crippen LogP contribution is 2.46. The Bertz CT molecular complexity index is 816. The molecule has 0 aliphatic rings. The molecule has 7 nitrogen and oxygen atoms in total. The molecular formula is C32H58NO6P. The van der Waals surface area contributed by atoms with Crippen molar-refractivity contribution in [2.45, 2.75) is 123 Å². The van der Waals surface area contributed by atoms with Crippen molar-refractivity contribution >= 4 is 13.6 Å². The van der Waals surface area contributed by atoms with Crippen LogP contribution in [-0.2, 0) is 24.8 Å². The summed E-state index contributed by atoms with van der Waals surface area (Å²) in [5.74, 6) is 0.738. The average Bonchev–Trinajstić information content (AvgIpc) is 2.93. The van der Waals surface area contributed by atoms with Crippen LogP contribution in [0, 0.1) is 5.92 Å². The highest BCUT2D eigenvalue weighted by atomic mass is 31.2. The fourth-order valence-corrected chi connectivity index (χ4v) is 5.73. The second kappa shape index (κ2) is 22.4. The third kappa shape index (κ3) is 19.0. The fourth-order valence-electron chi connectivity index (χ4n) is 4.64. The van der Waals surface area contributed by atoms with Crippen LogP contribution in [0.2, 0.25) is 0 Å². The van der Waals surface area contributed by atoms with Crippen LogP contribution in [0.25, 0.3) is 0 Å². The van der Waals surface area contributed by atoms with Gasteiger partial charge < -0.3 is 14.5 Å². The van der Waals surface area contributed by atoms with Crippen LogP contribution in [0.4, 0.5) is 0 Å². The standard InChI is InChI=1S/C32H58NO6P/c1-6-9-10-11-12-13-14-15-16-17-24-37-32-20-18-28(19-21-32)25-29(26-30(34)7-2)27-38-40(35,36)39-31(8-3)22-23-33(4)5/h18-21,29,31H,6-17,22-27H2,1-5H3,(H,35,36). The zero-order chi connectivity index (χ0) is 29.6. The number of nitrogens with zero attached hydrogens (tertiary/aromatic N) is 1. The maximum atomic E-state index is 12.6. The first kappa shape index (κ1) is 36.8. The number of benzene rings is 1. The molecule has 0 spiro atoms. The van der Waals surface area contributed by atoms with Gasteiger partial charge in [0.15, 0.2) is 0 Å². The minimum absolute atomic E-state index is 0.0133. The molecule has 232 valence electrons. The number of ketones is 1. The van der Waals surface area contributed by atoms with Gasteiger partial charge in [0.05, 0.1) is 19.3 Å². The highest BCUT2D eigenvalue weighted by Gasteiger charge is 2.28. The summed E-state index contributed by atoms with van der Waals surface area (Å²) in [6.07, 6.45) is 15.2. The minimum Gasteiger partial charge on any atom is -0.494 e. The van der Waals surface area contributed by atoms with Gasteiger partial charge in [-0.3, -0.25) is 13.8 Å². The third-order valence-corrected chi connectivity index (χ3v) is 8.27. The molecule has 1 aromatic rings. The maximum absolute atomic E-state index is 12.6. The van der Waals surface area contributed by atoms with E-state index >= 15 is 0 Å². The molecule has 0 saturated carbocycles. The molecule has 0 fully saturated rings.